The molecular formula is C44H76N2O2. The lowest BCUT2D eigenvalue weighted by Gasteiger charge is -2.18. The maximum Gasteiger partial charge on any atom is 0.326 e. The number of ether oxygens (including phenoxy) is 1. The summed E-state index contributed by atoms with van der Waals surface area (Å²) in [6, 6.07) is 0. The van der Waals surface area contributed by atoms with Gasteiger partial charge in [0, 0.05) is 12.4 Å². The number of esters is 1. The van der Waals surface area contributed by atoms with Crippen LogP contribution in [-0.2, 0) is 16.1 Å². The van der Waals surface area contributed by atoms with E-state index in [-0.39, 0.29) is 18.6 Å². The number of aromatic nitrogens is 2. The van der Waals surface area contributed by atoms with Gasteiger partial charge >= 0.3 is 5.97 Å². The minimum Gasteiger partial charge on any atom is -0.461 e. The van der Waals surface area contributed by atoms with E-state index in [1.165, 1.54) is 141 Å². The van der Waals surface area contributed by atoms with E-state index < -0.39 is 0 Å². The second-order valence-electron chi connectivity index (χ2n) is 13.8. The van der Waals surface area contributed by atoms with Crippen LogP contribution >= 0.6 is 0 Å². The maximum absolute atomic E-state index is 12.6. The van der Waals surface area contributed by atoms with E-state index in [0.717, 1.165) is 38.5 Å². The first-order valence-electron chi connectivity index (χ1n) is 20.5. The van der Waals surface area contributed by atoms with Crippen LogP contribution in [0.4, 0.5) is 0 Å². The van der Waals surface area contributed by atoms with Crippen molar-refractivity contribution in [2.75, 3.05) is 0 Å². The number of unbranched alkanes of at least 4 members (excludes halogenated alkanes) is 20. The van der Waals surface area contributed by atoms with Crippen molar-refractivity contribution in [3.63, 3.8) is 0 Å². The molecule has 0 aromatic carbocycles. The molecule has 274 valence electrons. The smallest absolute Gasteiger partial charge is 0.326 e. The van der Waals surface area contributed by atoms with Crippen LogP contribution in [0.2, 0.25) is 0 Å². The average Bonchev–Trinajstić information content (AvgIpc) is 3.60. The Kier molecular flexibility index (Phi) is 32.7. The van der Waals surface area contributed by atoms with Gasteiger partial charge in [-0.15, -0.1) is 0 Å². The standard InChI is InChI=1S/C44H76N2O2/c1-3-5-7-9-11-13-15-17-19-21-23-25-27-29-31-33-35-37-43(48-44(47)41-46-40-39-45-42-46)38-36-34-32-30-28-26-24-22-20-18-16-14-12-10-8-6-4-2/h11-14,17-20,39-40,42-43H,3-10,15-16,21-38,41H2,1-2H3/b13-11+,14-12+,19-17+,20-18+. The number of hydrogen-bond acceptors (Lipinski definition) is 3. The van der Waals surface area contributed by atoms with Gasteiger partial charge in [-0.25, -0.2) is 4.98 Å². The second-order valence-corrected chi connectivity index (χ2v) is 13.8. The van der Waals surface area contributed by atoms with Gasteiger partial charge in [0.25, 0.3) is 0 Å². The molecule has 0 atom stereocenters. The molecule has 0 N–H and O–H groups in total. The van der Waals surface area contributed by atoms with E-state index in [4.69, 9.17) is 4.74 Å². The summed E-state index contributed by atoms with van der Waals surface area (Å²) in [5, 5.41) is 0. The van der Waals surface area contributed by atoms with Crippen LogP contribution in [0.3, 0.4) is 0 Å². The fourth-order valence-electron chi connectivity index (χ4n) is 6.09. The lowest BCUT2D eigenvalue weighted by molar-refractivity contribution is -0.150. The largest absolute Gasteiger partial charge is 0.461 e. The molecule has 0 saturated heterocycles. The lowest BCUT2D eigenvalue weighted by Crippen LogP contribution is -2.21. The monoisotopic (exact) mass is 665 g/mol. The SMILES string of the molecule is CCCCC/C=C/C/C=C/CCCCCCCCCC(CCCCCCCCC/C=C/C/C=C/CCCCC)OC(=O)Cn1ccnc1. The van der Waals surface area contributed by atoms with Gasteiger partial charge in [-0.3, -0.25) is 4.79 Å². The van der Waals surface area contributed by atoms with Gasteiger partial charge in [0.2, 0.25) is 0 Å². The van der Waals surface area contributed by atoms with Crippen LogP contribution < -0.4 is 0 Å². The zero-order valence-electron chi connectivity index (χ0n) is 31.6. The Balaban J connectivity index is 2.10. The number of carbonyl (C=O) groups is 1. The molecule has 0 aliphatic rings. The molecule has 4 nitrogen and oxygen atoms in total. The van der Waals surface area contributed by atoms with Crippen molar-refractivity contribution in [2.24, 2.45) is 0 Å². The van der Waals surface area contributed by atoms with Crippen molar-refractivity contribution < 1.29 is 9.53 Å². The summed E-state index contributed by atoms with van der Waals surface area (Å²) in [6.07, 6.45) is 58.9. The summed E-state index contributed by atoms with van der Waals surface area (Å²) in [6.45, 7) is 4.78. The molecule has 0 bridgehead atoms. The molecule has 0 aliphatic heterocycles. The highest BCUT2D eigenvalue weighted by atomic mass is 16.5. The average molecular weight is 665 g/mol. The number of allylic oxidation sites excluding steroid dienone is 8. The third-order valence-electron chi connectivity index (χ3n) is 9.12. The molecule has 0 amide bonds. The van der Waals surface area contributed by atoms with Crippen molar-refractivity contribution in [3.05, 3.63) is 67.3 Å². The molecule has 1 heterocycles. The van der Waals surface area contributed by atoms with Gasteiger partial charge in [0.05, 0.1) is 6.33 Å². The lowest BCUT2D eigenvalue weighted by atomic mass is 10.0. The molecule has 48 heavy (non-hydrogen) atoms. The molecule has 1 aromatic rings. The van der Waals surface area contributed by atoms with Crippen LogP contribution in [0, 0.1) is 0 Å². The van der Waals surface area contributed by atoms with Crippen molar-refractivity contribution in [2.45, 2.75) is 206 Å². The summed E-state index contributed by atoms with van der Waals surface area (Å²) >= 11 is 0. The number of nitrogens with zero attached hydrogens (tertiary/aromatic N) is 2. The summed E-state index contributed by atoms with van der Waals surface area (Å²) in [5.41, 5.74) is 0. The molecule has 1 rings (SSSR count). The van der Waals surface area contributed by atoms with E-state index in [0.29, 0.717) is 0 Å². The topological polar surface area (TPSA) is 44.1 Å². The Hall–Kier alpha value is -2.36. The van der Waals surface area contributed by atoms with E-state index in [1.54, 1.807) is 17.1 Å². The zero-order chi connectivity index (χ0) is 34.4. The predicted molar refractivity (Wildman–Crippen MR) is 209 cm³/mol. The van der Waals surface area contributed by atoms with Crippen LogP contribution in [0.25, 0.3) is 0 Å². The Morgan fingerprint density at radius 3 is 1.35 bits per heavy atom. The molecule has 0 aliphatic carbocycles. The molecule has 1 aromatic heterocycles. The van der Waals surface area contributed by atoms with Crippen molar-refractivity contribution in [1.82, 2.24) is 9.55 Å². The molecule has 0 saturated carbocycles. The van der Waals surface area contributed by atoms with E-state index in [1.807, 2.05) is 6.20 Å². The van der Waals surface area contributed by atoms with Gasteiger partial charge < -0.3 is 9.30 Å². The van der Waals surface area contributed by atoms with Gasteiger partial charge in [0.1, 0.15) is 12.6 Å². The molecule has 0 spiro atoms. The highest BCUT2D eigenvalue weighted by molar-refractivity contribution is 5.69. The molecular weight excluding hydrogens is 588 g/mol. The third kappa shape index (κ3) is 30.9. The normalized spacial score (nSPS) is 12.2. The molecule has 4 heteroatoms. The summed E-state index contributed by atoms with van der Waals surface area (Å²) < 4.78 is 7.77. The van der Waals surface area contributed by atoms with Crippen LogP contribution in [0.15, 0.2) is 67.3 Å². The quantitative estimate of drug-likeness (QED) is 0.0412. The minimum absolute atomic E-state index is 0.0527. The van der Waals surface area contributed by atoms with Gasteiger partial charge in [0.15, 0.2) is 0 Å². The van der Waals surface area contributed by atoms with Crippen LogP contribution in [0.5, 0.6) is 0 Å². The first-order chi connectivity index (χ1) is 23.8. The van der Waals surface area contributed by atoms with Crippen LogP contribution in [-0.4, -0.2) is 21.6 Å². The van der Waals surface area contributed by atoms with Gasteiger partial charge in [-0.1, -0.05) is 152 Å². The Morgan fingerprint density at radius 1 is 0.562 bits per heavy atom. The third-order valence-corrected chi connectivity index (χ3v) is 9.12. The van der Waals surface area contributed by atoms with Crippen molar-refractivity contribution in [3.8, 4) is 0 Å². The fourth-order valence-corrected chi connectivity index (χ4v) is 6.09. The molecule has 0 radical (unpaired) electrons. The van der Waals surface area contributed by atoms with Crippen molar-refractivity contribution >= 4 is 5.97 Å². The highest BCUT2D eigenvalue weighted by Crippen LogP contribution is 2.18. The summed E-state index contributed by atoms with van der Waals surface area (Å²) in [5.74, 6) is -0.132. The first kappa shape index (κ1) is 43.7. The van der Waals surface area contributed by atoms with Gasteiger partial charge in [-0.2, -0.15) is 0 Å². The highest BCUT2D eigenvalue weighted by Gasteiger charge is 2.14. The van der Waals surface area contributed by atoms with Gasteiger partial charge in [-0.05, 0) is 89.9 Å². The molecule has 0 fully saturated rings. The summed E-state index contributed by atoms with van der Waals surface area (Å²) in [4.78, 5) is 16.7. The Labute approximate surface area is 298 Å². The Bertz CT molecular complexity index is 864. The summed E-state index contributed by atoms with van der Waals surface area (Å²) in [7, 11) is 0. The number of rotatable bonds is 35. The predicted octanol–water partition coefficient (Wildman–Crippen LogP) is 14.0. The first-order valence-corrected chi connectivity index (χ1v) is 20.5. The van der Waals surface area contributed by atoms with E-state index >= 15 is 0 Å². The van der Waals surface area contributed by atoms with E-state index in [9.17, 15) is 4.79 Å². The number of imidazole rings is 1. The fraction of sp³-hybridized carbons (Fsp3) is 0.727. The van der Waals surface area contributed by atoms with E-state index in [2.05, 4.69) is 67.4 Å². The number of carbonyl (C=O) groups excluding carboxylic acids is 1. The molecule has 0 unspecified atom stereocenters. The Morgan fingerprint density at radius 2 is 0.958 bits per heavy atom. The zero-order valence-corrected chi connectivity index (χ0v) is 31.6. The van der Waals surface area contributed by atoms with Crippen molar-refractivity contribution in [1.29, 1.82) is 0 Å². The minimum atomic E-state index is -0.132. The second kappa shape index (κ2) is 35.9. The maximum atomic E-state index is 12.6. The number of hydrogen-bond donors (Lipinski definition) is 0. The van der Waals surface area contributed by atoms with Crippen LogP contribution in [0.1, 0.15) is 194 Å².